The van der Waals surface area contributed by atoms with Crippen LogP contribution in [0.3, 0.4) is 0 Å². The summed E-state index contributed by atoms with van der Waals surface area (Å²) < 4.78 is 5.75. The van der Waals surface area contributed by atoms with Gasteiger partial charge in [-0.15, -0.1) is 0 Å². The molecule has 0 unspecified atom stereocenters. The van der Waals surface area contributed by atoms with Crippen LogP contribution in [0.1, 0.15) is 44.2 Å². The summed E-state index contributed by atoms with van der Waals surface area (Å²) in [5.74, 6) is 1.03. The molecule has 1 saturated heterocycles. The average molecular weight is 304 g/mol. The number of hydrogen-bond donors (Lipinski definition) is 1. The highest BCUT2D eigenvalue weighted by molar-refractivity contribution is 5.35. The fourth-order valence-electron chi connectivity index (χ4n) is 3.07. The number of piperazine rings is 1. The molecule has 1 N–H and O–H groups in total. The molecule has 1 aliphatic rings. The van der Waals surface area contributed by atoms with E-state index in [2.05, 4.69) is 42.3 Å². The van der Waals surface area contributed by atoms with Gasteiger partial charge in [-0.05, 0) is 61.9 Å². The predicted molar refractivity (Wildman–Crippen MR) is 93.9 cm³/mol. The van der Waals surface area contributed by atoms with Crippen molar-refractivity contribution in [1.82, 2.24) is 10.2 Å². The first-order valence-corrected chi connectivity index (χ1v) is 9.01. The van der Waals surface area contributed by atoms with Crippen molar-refractivity contribution < 1.29 is 4.74 Å². The molecule has 0 saturated carbocycles. The van der Waals surface area contributed by atoms with Crippen molar-refractivity contribution in [2.75, 3.05) is 39.3 Å². The summed E-state index contributed by atoms with van der Waals surface area (Å²) in [6, 6.07) is 6.65. The van der Waals surface area contributed by atoms with Crippen molar-refractivity contribution in [3.8, 4) is 5.75 Å². The molecule has 124 valence electrons. The molecule has 1 fully saturated rings. The van der Waals surface area contributed by atoms with Gasteiger partial charge < -0.3 is 15.0 Å². The standard InChI is InChI=1S/C19H32N2O/c1-3-15-22-19-9-8-18(17(4-2)16-19)7-5-6-12-21-13-10-20-11-14-21/h8-9,16,20H,3-7,10-15H2,1-2H3. The van der Waals surface area contributed by atoms with Gasteiger partial charge >= 0.3 is 0 Å². The summed E-state index contributed by atoms with van der Waals surface area (Å²) in [4.78, 5) is 2.58. The number of unbranched alkanes of at least 4 members (excludes halogenated alkanes) is 1. The van der Waals surface area contributed by atoms with Crippen molar-refractivity contribution in [1.29, 1.82) is 0 Å². The molecule has 0 bridgehead atoms. The second kappa shape index (κ2) is 9.86. The van der Waals surface area contributed by atoms with E-state index in [-0.39, 0.29) is 0 Å². The van der Waals surface area contributed by atoms with E-state index in [1.807, 2.05) is 0 Å². The lowest BCUT2D eigenvalue weighted by atomic mass is 9.99. The van der Waals surface area contributed by atoms with E-state index in [0.29, 0.717) is 0 Å². The van der Waals surface area contributed by atoms with E-state index in [4.69, 9.17) is 4.74 Å². The highest BCUT2D eigenvalue weighted by atomic mass is 16.5. The van der Waals surface area contributed by atoms with Crippen LogP contribution in [0.25, 0.3) is 0 Å². The molecular weight excluding hydrogens is 272 g/mol. The van der Waals surface area contributed by atoms with Crippen LogP contribution >= 0.6 is 0 Å². The third kappa shape index (κ3) is 5.62. The Morgan fingerprint density at radius 1 is 1.09 bits per heavy atom. The molecule has 0 atom stereocenters. The second-order valence-electron chi connectivity index (χ2n) is 6.18. The normalized spacial score (nSPS) is 15.9. The minimum Gasteiger partial charge on any atom is -0.494 e. The third-order valence-corrected chi connectivity index (χ3v) is 4.41. The Bertz CT molecular complexity index is 427. The Morgan fingerprint density at radius 2 is 1.91 bits per heavy atom. The number of ether oxygens (including phenoxy) is 1. The van der Waals surface area contributed by atoms with E-state index in [9.17, 15) is 0 Å². The zero-order valence-corrected chi connectivity index (χ0v) is 14.4. The van der Waals surface area contributed by atoms with Crippen LogP contribution in [0.2, 0.25) is 0 Å². The van der Waals surface area contributed by atoms with Gasteiger partial charge in [0.05, 0.1) is 6.61 Å². The smallest absolute Gasteiger partial charge is 0.119 e. The molecule has 0 aliphatic carbocycles. The van der Waals surface area contributed by atoms with Crippen LogP contribution in [0.4, 0.5) is 0 Å². The summed E-state index contributed by atoms with van der Waals surface area (Å²) in [5.41, 5.74) is 2.96. The Balaban J connectivity index is 1.76. The largest absolute Gasteiger partial charge is 0.494 e. The molecule has 0 spiro atoms. The monoisotopic (exact) mass is 304 g/mol. The summed E-state index contributed by atoms with van der Waals surface area (Å²) in [6.45, 7) is 11.2. The molecule has 3 nitrogen and oxygen atoms in total. The number of aryl methyl sites for hydroxylation is 2. The third-order valence-electron chi connectivity index (χ3n) is 4.41. The number of benzene rings is 1. The van der Waals surface area contributed by atoms with E-state index in [1.54, 1.807) is 0 Å². The first kappa shape index (κ1) is 17.3. The van der Waals surface area contributed by atoms with E-state index in [0.717, 1.165) is 38.3 Å². The minimum atomic E-state index is 0.813. The Kier molecular flexibility index (Phi) is 7.75. The molecular formula is C19H32N2O. The maximum absolute atomic E-state index is 5.75. The van der Waals surface area contributed by atoms with E-state index in [1.165, 1.54) is 50.0 Å². The minimum absolute atomic E-state index is 0.813. The van der Waals surface area contributed by atoms with Gasteiger partial charge in [0, 0.05) is 26.2 Å². The summed E-state index contributed by atoms with van der Waals surface area (Å²) in [7, 11) is 0. The number of rotatable bonds is 9. The lowest BCUT2D eigenvalue weighted by Gasteiger charge is -2.27. The highest BCUT2D eigenvalue weighted by Crippen LogP contribution is 2.20. The lowest BCUT2D eigenvalue weighted by molar-refractivity contribution is 0.237. The number of nitrogens with one attached hydrogen (secondary N) is 1. The number of nitrogens with zero attached hydrogens (tertiary/aromatic N) is 1. The topological polar surface area (TPSA) is 24.5 Å². The molecule has 1 aliphatic heterocycles. The maximum Gasteiger partial charge on any atom is 0.119 e. The lowest BCUT2D eigenvalue weighted by Crippen LogP contribution is -2.43. The summed E-state index contributed by atoms with van der Waals surface area (Å²) in [6.07, 6.45) is 5.94. The van der Waals surface area contributed by atoms with Crippen LogP contribution < -0.4 is 10.1 Å². The van der Waals surface area contributed by atoms with E-state index >= 15 is 0 Å². The van der Waals surface area contributed by atoms with Crippen LogP contribution in [0.5, 0.6) is 5.75 Å². The van der Waals surface area contributed by atoms with Gasteiger partial charge in [0.2, 0.25) is 0 Å². The number of hydrogen-bond acceptors (Lipinski definition) is 3. The van der Waals surface area contributed by atoms with Gasteiger partial charge in [0.25, 0.3) is 0 Å². The molecule has 0 amide bonds. The van der Waals surface area contributed by atoms with Gasteiger partial charge in [0.15, 0.2) is 0 Å². The molecule has 22 heavy (non-hydrogen) atoms. The second-order valence-corrected chi connectivity index (χ2v) is 6.18. The maximum atomic E-state index is 5.75. The van der Waals surface area contributed by atoms with E-state index < -0.39 is 0 Å². The Hall–Kier alpha value is -1.06. The van der Waals surface area contributed by atoms with Crippen LogP contribution in [-0.2, 0) is 12.8 Å². The molecule has 3 heteroatoms. The molecule has 0 radical (unpaired) electrons. The molecule has 2 rings (SSSR count). The first-order chi connectivity index (χ1) is 10.8. The fourth-order valence-corrected chi connectivity index (χ4v) is 3.07. The predicted octanol–water partition coefficient (Wildman–Crippen LogP) is 3.27. The van der Waals surface area contributed by atoms with Crippen molar-refractivity contribution in [3.63, 3.8) is 0 Å². The quantitative estimate of drug-likeness (QED) is 0.709. The Labute approximate surface area is 136 Å². The van der Waals surface area contributed by atoms with Gasteiger partial charge in [-0.1, -0.05) is 19.9 Å². The van der Waals surface area contributed by atoms with Crippen molar-refractivity contribution in [2.45, 2.75) is 46.0 Å². The van der Waals surface area contributed by atoms with Crippen molar-refractivity contribution >= 4 is 0 Å². The molecule has 1 heterocycles. The van der Waals surface area contributed by atoms with Gasteiger partial charge in [0.1, 0.15) is 5.75 Å². The van der Waals surface area contributed by atoms with Crippen LogP contribution in [0.15, 0.2) is 18.2 Å². The summed E-state index contributed by atoms with van der Waals surface area (Å²) >= 11 is 0. The zero-order valence-electron chi connectivity index (χ0n) is 14.4. The first-order valence-electron chi connectivity index (χ1n) is 9.01. The van der Waals surface area contributed by atoms with Crippen molar-refractivity contribution in [3.05, 3.63) is 29.3 Å². The van der Waals surface area contributed by atoms with Gasteiger partial charge in [-0.2, -0.15) is 0 Å². The average Bonchev–Trinajstić information content (AvgIpc) is 2.58. The molecule has 1 aromatic rings. The Morgan fingerprint density at radius 3 is 2.64 bits per heavy atom. The van der Waals surface area contributed by atoms with Crippen LogP contribution in [-0.4, -0.2) is 44.2 Å². The van der Waals surface area contributed by atoms with Crippen LogP contribution in [0, 0.1) is 0 Å². The zero-order chi connectivity index (χ0) is 15.6. The van der Waals surface area contributed by atoms with Gasteiger partial charge in [-0.3, -0.25) is 0 Å². The van der Waals surface area contributed by atoms with Crippen molar-refractivity contribution in [2.24, 2.45) is 0 Å². The molecule has 0 aromatic heterocycles. The highest BCUT2D eigenvalue weighted by Gasteiger charge is 2.09. The SMILES string of the molecule is CCCOc1ccc(CCCCN2CCNCC2)c(CC)c1. The molecule has 1 aromatic carbocycles. The summed E-state index contributed by atoms with van der Waals surface area (Å²) in [5, 5.41) is 3.41. The fraction of sp³-hybridized carbons (Fsp3) is 0.684. The van der Waals surface area contributed by atoms with Gasteiger partial charge in [-0.25, -0.2) is 0 Å².